The number of benzene rings is 1. The van der Waals surface area contributed by atoms with E-state index in [4.69, 9.17) is 0 Å². The van der Waals surface area contributed by atoms with Gasteiger partial charge in [-0.25, -0.2) is 17.6 Å². The summed E-state index contributed by atoms with van der Waals surface area (Å²) in [6.07, 6.45) is -2.26. The Balaban J connectivity index is 1.46. The third-order valence-electron chi connectivity index (χ3n) is 5.60. The van der Waals surface area contributed by atoms with Gasteiger partial charge in [-0.15, -0.1) is 0 Å². The lowest BCUT2D eigenvalue weighted by Crippen LogP contribution is -2.34. The molecule has 1 aromatic heterocycles. The van der Waals surface area contributed by atoms with Crippen molar-refractivity contribution in [3.05, 3.63) is 52.3 Å². The summed E-state index contributed by atoms with van der Waals surface area (Å²) in [6, 6.07) is 2.94. The van der Waals surface area contributed by atoms with Crippen LogP contribution in [0.5, 0.6) is 0 Å². The van der Waals surface area contributed by atoms with Crippen LogP contribution in [0.15, 0.2) is 18.2 Å². The summed E-state index contributed by atoms with van der Waals surface area (Å²) in [5, 5.41) is 6.04. The quantitative estimate of drug-likeness (QED) is 0.721. The van der Waals surface area contributed by atoms with Gasteiger partial charge in [0.1, 0.15) is 29.6 Å². The Labute approximate surface area is 161 Å². The summed E-state index contributed by atoms with van der Waals surface area (Å²) in [7, 11) is 0. The summed E-state index contributed by atoms with van der Waals surface area (Å²) >= 11 is 0. The van der Waals surface area contributed by atoms with Crippen LogP contribution in [0.25, 0.3) is 0 Å². The molecule has 2 atom stereocenters. The molecule has 0 spiro atoms. The standard InChI is InChI=1S/C19H17F6N3O/c20-10-5-9(6-11(21)7-10)3-4-26-14(29)8-28-17-15(16(27-28)18(22)23)12-1-2-13(12)19(17,24)25/h5-7,12-13,18H,1-4,8H2,(H,26,29)/t12-,13+/m0/s1. The highest BCUT2D eigenvalue weighted by Gasteiger charge is 2.62. The molecule has 2 aliphatic rings. The van der Waals surface area contributed by atoms with Crippen LogP contribution in [0.4, 0.5) is 26.3 Å². The number of aromatic nitrogens is 2. The van der Waals surface area contributed by atoms with Crippen LogP contribution in [0, 0.1) is 17.6 Å². The van der Waals surface area contributed by atoms with Gasteiger partial charge in [-0.2, -0.15) is 13.9 Å². The molecule has 0 unspecified atom stereocenters. The van der Waals surface area contributed by atoms with Gasteiger partial charge in [0.2, 0.25) is 5.91 Å². The van der Waals surface area contributed by atoms with Gasteiger partial charge in [-0.05, 0) is 42.9 Å². The van der Waals surface area contributed by atoms with Gasteiger partial charge in [0.25, 0.3) is 12.3 Å². The van der Waals surface area contributed by atoms with Crippen molar-refractivity contribution in [2.24, 2.45) is 5.92 Å². The minimum Gasteiger partial charge on any atom is -0.354 e. The van der Waals surface area contributed by atoms with Crippen molar-refractivity contribution in [3.63, 3.8) is 0 Å². The third kappa shape index (κ3) is 3.38. The minimum absolute atomic E-state index is 0.00542. The molecule has 0 radical (unpaired) electrons. The molecule has 1 amide bonds. The van der Waals surface area contributed by atoms with Gasteiger partial charge in [-0.1, -0.05) is 0 Å². The second-order valence-corrected chi connectivity index (χ2v) is 7.40. The van der Waals surface area contributed by atoms with Crippen molar-refractivity contribution in [1.82, 2.24) is 15.1 Å². The first kappa shape index (κ1) is 19.8. The molecule has 1 heterocycles. The van der Waals surface area contributed by atoms with Gasteiger partial charge >= 0.3 is 0 Å². The largest absolute Gasteiger partial charge is 0.354 e. The molecule has 1 fully saturated rings. The molecule has 0 bridgehead atoms. The number of hydrogen-bond acceptors (Lipinski definition) is 2. The number of carbonyl (C=O) groups is 1. The monoisotopic (exact) mass is 417 g/mol. The number of hydrogen-bond donors (Lipinski definition) is 1. The van der Waals surface area contributed by atoms with E-state index in [1.807, 2.05) is 0 Å². The maximum absolute atomic E-state index is 14.7. The highest BCUT2D eigenvalue weighted by atomic mass is 19.3. The van der Waals surface area contributed by atoms with Crippen molar-refractivity contribution >= 4 is 5.91 Å². The molecule has 2 aliphatic carbocycles. The zero-order valence-corrected chi connectivity index (χ0v) is 15.1. The average Bonchev–Trinajstić information content (AvgIpc) is 2.98. The Morgan fingerprint density at radius 3 is 2.48 bits per heavy atom. The lowest BCUT2D eigenvalue weighted by molar-refractivity contribution is -0.122. The predicted molar refractivity (Wildman–Crippen MR) is 89.6 cm³/mol. The molecule has 156 valence electrons. The van der Waals surface area contributed by atoms with Gasteiger partial charge in [-0.3, -0.25) is 9.48 Å². The predicted octanol–water partition coefficient (Wildman–Crippen LogP) is 4.06. The van der Waals surface area contributed by atoms with E-state index in [1.165, 1.54) is 0 Å². The number of nitrogens with zero attached hydrogens (tertiary/aromatic N) is 2. The molecule has 2 aromatic rings. The van der Waals surface area contributed by atoms with Crippen LogP contribution in [0.3, 0.4) is 0 Å². The van der Waals surface area contributed by atoms with E-state index < -0.39 is 59.7 Å². The Kier molecular flexibility index (Phi) is 4.82. The number of carbonyl (C=O) groups excluding carboxylic acids is 1. The zero-order chi connectivity index (χ0) is 20.9. The summed E-state index contributed by atoms with van der Waals surface area (Å²) in [6.45, 7) is -0.643. The first-order chi connectivity index (χ1) is 13.7. The van der Waals surface area contributed by atoms with Gasteiger partial charge in [0, 0.05) is 24.1 Å². The van der Waals surface area contributed by atoms with Crippen LogP contribution in [-0.4, -0.2) is 22.2 Å². The van der Waals surface area contributed by atoms with E-state index >= 15 is 0 Å². The van der Waals surface area contributed by atoms with Crippen LogP contribution in [0.1, 0.15) is 47.7 Å². The smallest absolute Gasteiger partial charge is 0.293 e. The van der Waals surface area contributed by atoms with Crippen LogP contribution in [0.2, 0.25) is 0 Å². The Morgan fingerprint density at radius 2 is 1.90 bits per heavy atom. The van der Waals surface area contributed by atoms with Crippen molar-refractivity contribution < 1.29 is 31.1 Å². The molecular weight excluding hydrogens is 400 g/mol. The fourth-order valence-electron chi connectivity index (χ4n) is 4.24. The van der Waals surface area contributed by atoms with Gasteiger partial charge in [0.05, 0.1) is 0 Å². The SMILES string of the molecule is O=C(Cn1nc(C(F)F)c2c1C(F)(F)[C@@H]1CC[C@H]21)NCCc1cc(F)cc(F)c1. The fraction of sp³-hybridized carbons (Fsp3) is 0.474. The summed E-state index contributed by atoms with van der Waals surface area (Å²) < 4.78 is 83.0. The second-order valence-electron chi connectivity index (χ2n) is 7.40. The Hall–Kier alpha value is -2.52. The number of amides is 1. The molecule has 0 aliphatic heterocycles. The van der Waals surface area contributed by atoms with Crippen LogP contribution < -0.4 is 5.32 Å². The van der Waals surface area contributed by atoms with Crippen molar-refractivity contribution in [2.75, 3.05) is 6.54 Å². The van der Waals surface area contributed by atoms with Gasteiger partial charge < -0.3 is 5.32 Å². The van der Waals surface area contributed by atoms with E-state index in [2.05, 4.69) is 10.4 Å². The Bertz CT molecular complexity index is 937. The molecular formula is C19H17F6N3O. The third-order valence-corrected chi connectivity index (χ3v) is 5.60. The number of nitrogens with one attached hydrogen (secondary N) is 1. The van der Waals surface area contributed by atoms with Crippen molar-refractivity contribution in [2.45, 2.75) is 44.1 Å². The average molecular weight is 417 g/mol. The van der Waals surface area contributed by atoms with E-state index in [0.717, 1.165) is 12.1 Å². The molecule has 29 heavy (non-hydrogen) atoms. The number of alkyl halides is 4. The maximum atomic E-state index is 14.7. The highest BCUT2D eigenvalue weighted by Crippen LogP contribution is 2.63. The molecule has 1 saturated carbocycles. The number of rotatable bonds is 6. The minimum atomic E-state index is -3.31. The summed E-state index contributed by atoms with van der Waals surface area (Å²) in [4.78, 5) is 12.2. The Morgan fingerprint density at radius 1 is 1.21 bits per heavy atom. The van der Waals surface area contributed by atoms with E-state index in [9.17, 15) is 31.1 Å². The number of halogens is 6. The molecule has 1 N–H and O–H groups in total. The molecule has 1 aromatic carbocycles. The van der Waals surface area contributed by atoms with Gasteiger partial charge in [0.15, 0.2) is 0 Å². The van der Waals surface area contributed by atoms with E-state index in [-0.39, 0.29) is 24.9 Å². The van der Waals surface area contributed by atoms with E-state index in [0.29, 0.717) is 22.7 Å². The van der Waals surface area contributed by atoms with Crippen LogP contribution >= 0.6 is 0 Å². The lowest BCUT2D eigenvalue weighted by atomic mass is 9.73. The van der Waals surface area contributed by atoms with Crippen molar-refractivity contribution in [3.8, 4) is 0 Å². The molecule has 10 heteroatoms. The highest BCUT2D eigenvalue weighted by molar-refractivity contribution is 5.75. The fourth-order valence-corrected chi connectivity index (χ4v) is 4.24. The van der Waals surface area contributed by atoms with Crippen LogP contribution in [-0.2, 0) is 23.7 Å². The molecule has 4 rings (SSSR count). The lowest BCUT2D eigenvalue weighted by Gasteiger charge is -2.34. The normalized spacial score (nSPS) is 21.6. The molecule has 4 nitrogen and oxygen atoms in total. The van der Waals surface area contributed by atoms with E-state index in [1.54, 1.807) is 0 Å². The summed E-state index contributed by atoms with van der Waals surface area (Å²) in [5.74, 6) is -7.20. The summed E-state index contributed by atoms with van der Waals surface area (Å²) in [5.41, 5.74) is -1.09. The second kappa shape index (κ2) is 7.07. The first-order valence-corrected chi connectivity index (χ1v) is 9.17. The topological polar surface area (TPSA) is 46.9 Å². The first-order valence-electron chi connectivity index (χ1n) is 9.17. The number of fused-ring (bicyclic) bond motifs is 3. The maximum Gasteiger partial charge on any atom is 0.293 e. The zero-order valence-electron chi connectivity index (χ0n) is 15.1. The van der Waals surface area contributed by atoms with Crippen molar-refractivity contribution in [1.29, 1.82) is 0 Å². The molecule has 0 saturated heterocycles.